The molecule has 0 saturated carbocycles. The van der Waals surface area contributed by atoms with Crippen LogP contribution < -0.4 is 9.47 Å². The van der Waals surface area contributed by atoms with Crippen LogP contribution in [0.5, 0.6) is 17.5 Å². The third kappa shape index (κ3) is 6.86. The van der Waals surface area contributed by atoms with Crippen LogP contribution in [0.2, 0.25) is 0 Å². The summed E-state index contributed by atoms with van der Waals surface area (Å²) in [7, 11) is 0. The number of rotatable bonds is 8. The highest BCUT2D eigenvalue weighted by molar-refractivity contribution is 7.99. The maximum atomic E-state index is 14.9. The van der Waals surface area contributed by atoms with Crippen LogP contribution in [0.25, 0.3) is 0 Å². The van der Waals surface area contributed by atoms with Gasteiger partial charge >= 0.3 is 6.09 Å². The molecule has 2 fully saturated rings. The number of likely N-dealkylation sites (tertiary alicyclic amines) is 2. The van der Waals surface area contributed by atoms with Gasteiger partial charge in [-0.05, 0) is 57.6 Å². The van der Waals surface area contributed by atoms with Crippen LogP contribution in [-0.4, -0.2) is 75.2 Å². The first-order valence-corrected chi connectivity index (χ1v) is 14.3. The second-order valence-corrected chi connectivity index (χ2v) is 10.8. The molecule has 1 atom stereocenters. The summed E-state index contributed by atoms with van der Waals surface area (Å²) in [4.78, 5) is 36.8. The lowest BCUT2D eigenvalue weighted by Crippen LogP contribution is -2.42. The number of aromatic nitrogens is 2. The number of hydrogen-bond donors (Lipinski definition) is 0. The van der Waals surface area contributed by atoms with Crippen molar-refractivity contribution in [2.45, 2.75) is 70.5 Å². The molecule has 206 valence electrons. The molecule has 0 spiro atoms. The summed E-state index contributed by atoms with van der Waals surface area (Å²) < 4.78 is 32.0. The Balaban J connectivity index is 1.35. The van der Waals surface area contributed by atoms with Crippen LogP contribution in [0.1, 0.15) is 50.7 Å². The van der Waals surface area contributed by atoms with Gasteiger partial charge in [0.1, 0.15) is 12.4 Å². The summed E-state index contributed by atoms with van der Waals surface area (Å²) in [6.45, 7) is 7.20. The molecule has 11 heteroatoms. The fraction of sp³-hybridized carbons (Fsp3) is 0.556. The molecule has 1 aromatic heterocycles. The molecular formula is C27H35FN4O5S. The van der Waals surface area contributed by atoms with E-state index >= 15 is 0 Å². The first kappa shape index (κ1) is 27.9. The molecule has 1 unspecified atom stereocenters. The van der Waals surface area contributed by atoms with E-state index in [9.17, 15) is 14.0 Å². The normalized spacial score (nSPS) is 18.1. The van der Waals surface area contributed by atoms with Crippen molar-refractivity contribution in [1.29, 1.82) is 0 Å². The number of carbonyl (C=O) groups is 2. The van der Waals surface area contributed by atoms with Crippen molar-refractivity contribution >= 4 is 23.8 Å². The molecule has 2 aliphatic heterocycles. The maximum absolute atomic E-state index is 14.9. The second kappa shape index (κ2) is 12.6. The molecule has 2 aliphatic rings. The van der Waals surface area contributed by atoms with E-state index in [1.54, 1.807) is 29.7 Å². The van der Waals surface area contributed by atoms with Gasteiger partial charge in [-0.2, -0.15) is 0 Å². The van der Waals surface area contributed by atoms with E-state index in [1.807, 2.05) is 25.0 Å². The van der Waals surface area contributed by atoms with E-state index in [0.29, 0.717) is 42.9 Å². The number of thioether (sulfide) groups is 1. The molecule has 0 bridgehead atoms. The minimum Gasteiger partial charge on any atom is -0.474 e. The predicted molar refractivity (Wildman–Crippen MR) is 142 cm³/mol. The summed E-state index contributed by atoms with van der Waals surface area (Å²) in [5, 5.41) is 0.195. The van der Waals surface area contributed by atoms with Crippen LogP contribution in [0.4, 0.5) is 9.18 Å². The number of piperidine rings is 1. The first-order chi connectivity index (χ1) is 18.2. The molecule has 0 N–H and O–H groups in total. The molecule has 0 aliphatic carbocycles. The summed E-state index contributed by atoms with van der Waals surface area (Å²) in [5.74, 6) is -0.00953. The number of halogens is 1. The number of hydrogen-bond acceptors (Lipinski definition) is 8. The number of amides is 2. The van der Waals surface area contributed by atoms with Gasteiger partial charge in [0.05, 0.1) is 23.5 Å². The Morgan fingerprint density at radius 3 is 2.55 bits per heavy atom. The SMILES string of the molecule is CSC1CCCN1C(=O)Cc1ccc(Oc2ncnc(OC3CCN(C(=O)OC(C)C)CC3)c2C)c(F)c1. The molecule has 1 aromatic carbocycles. The first-order valence-electron chi connectivity index (χ1n) is 13.0. The zero-order valence-corrected chi connectivity index (χ0v) is 23.1. The summed E-state index contributed by atoms with van der Waals surface area (Å²) in [6, 6.07) is 4.55. The lowest BCUT2D eigenvalue weighted by Gasteiger charge is -2.31. The zero-order valence-electron chi connectivity index (χ0n) is 22.3. The fourth-order valence-corrected chi connectivity index (χ4v) is 5.49. The molecule has 38 heavy (non-hydrogen) atoms. The van der Waals surface area contributed by atoms with E-state index < -0.39 is 5.82 Å². The molecule has 2 saturated heterocycles. The monoisotopic (exact) mass is 546 g/mol. The average Bonchev–Trinajstić information content (AvgIpc) is 3.37. The largest absolute Gasteiger partial charge is 0.474 e. The number of benzene rings is 1. The summed E-state index contributed by atoms with van der Waals surface area (Å²) in [5.41, 5.74) is 1.14. The van der Waals surface area contributed by atoms with Gasteiger partial charge in [0.25, 0.3) is 0 Å². The number of ether oxygens (including phenoxy) is 3. The van der Waals surface area contributed by atoms with Crippen LogP contribution in [-0.2, 0) is 16.0 Å². The van der Waals surface area contributed by atoms with Gasteiger partial charge in [0.15, 0.2) is 11.6 Å². The van der Waals surface area contributed by atoms with Crippen molar-refractivity contribution in [3.8, 4) is 17.5 Å². The Morgan fingerprint density at radius 2 is 1.87 bits per heavy atom. The standard InChI is InChI=1S/C27H35FN4O5S/c1-17(2)35-27(34)31-12-9-20(10-13-31)36-25-18(3)26(30-16-29-25)37-22-8-7-19(14-21(22)28)15-23(33)32-11-5-6-24(32)38-4/h7-8,14,16-17,20,24H,5-6,9-13,15H2,1-4H3. The van der Waals surface area contributed by atoms with Crippen LogP contribution in [0.15, 0.2) is 24.5 Å². The minimum atomic E-state index is -0.570. The Labute approximate surface area is 227 Å². The van der Waals surface area contributed by atoms with Crippen LogP contribution in [0, 0.1) is 12.7 Å². The third-order valence-corrected chi connectivity index (χ3v) is 7.69. The van der Waals surface area contributed by atoms with Crippen molar-refractivity contribution in [2.24, 2.45) is 0 Å². The maximum Gasteiger partial charge on any atom is 0.410 e. The average molecular weight is 547 g/mol. The highest BCUT2D eigenvalue weighted by atomic mass is 32.2. The van der Waals surface area contributed by atoms with Gasteiger partial charge in [-0.15, -0.1) is 11.8 Å². The van der Waals surface area contributed by atoms with Crippen molar-refractivity contribution in [1.82, 2.24) is 19.8 Å². The van der Waals surface area contributed by atoms with Gasteiger partial charge in [-0.1, -0.05) is 6.07 Å². The van der Waals surface area contributed by atoms with Crippen molar-refractivity contribution in [3.63, 3.8) is 0 Å². The Bertz CT molecular complexity index is 1140. The van der Waals surface area contributed by atoms with E-state index in [0.717, 1.165) is 19.4 Å². The van der Waals surface area contributed by atoms with E-state index in [4.69, 9.17) is 14.2 Å². The molecule has 3 heterocycles. The van der Waals surface area contributed by atoms with Gasteiger partial charge < -0.3 is 24.0 Å². The Kier molecular flexibility index (Phi) is 9.30. The van der Waals surface area contributed by atoms with Gasteiger partial charge in [-0.3, -0.25) is 4.79 Å². The third-order valence-electron chi connectivity index (χ3n) is 6.65. The van der Waals surface area contributed by atoms with Crippen LogP contribution in [0.3, 0.4) is 0 Å². The lowest BCUT2D eigenvalue weighted by atomic mass is 10.1. The van der Waals surface area contributed by atoms with E-state index in [-0.39, 0.29) is 47.6 Å². The van der Waals surface area contributed by atoms with Crippen molar-refractivity contribution in [3.05, 3.63) is 41.5 Å². The quantitative estimate of drug-likeness (QED) is 0.459. The second-order valence-electron chi connectivity index (χ2n) is 9.81. The van der Waals surface area contributed by atoms with Crippen molar-refractivity contribution < 1.29 is 28.2 Å². The van der Waals surface area contributed by atoms with E-state index in [1.165, 1.54) is 18.5 Å². The number of carbonyl (C=O) groups excluding carboxylic acids is 2. The lowest BCUT2D eigenvalue weighted by molar-refractivity contribution is -0.129. The highest BCUT2D eigenvalue weighted by Gasteiger charge is 2.28. The van der Waals surface area contributed by atoms with Gasteiger partial charge in [-0.25, -0.2) is 19.2 Å². The molecule has 2 aromatic rings. The fourth-order valence-electron chi connectivity index (χ4n) is 4.61. The Morgan fingerprint density at radius 1 is 1.13 bits per heavy atom. The van der Waals surface area contributed by atoms with Gasteiger partial charge in [0.2, 0.25) is 17.7 Å². The predicted octanol–water partition coefficient (Wildman–Crippen LogP) is 4.96. The van der Waals surface area contributed by atoms with Crippen LogP contribution >= 0.6 is 11.8 Å². The zero-order chi connectivity index (χ0) is 27.2. The molecule has 2 amide bonds. The summed E-state index contributed by atoms with van der Waals surface area (Å²) in [6.07, 6.45) is 6.11. The van der Waals surface area contributed by atoms with E-state index in [2.05, 4.69) is 9.97 Å². The molecular weight excluding hydrogens is 511 g/mol. The molecule has 4 rings (SSSR count). The smallest absolute Gasteiger partial charge is 0.410 e. The van der Waals surface area contributed by atoms with Gasteiger partial charge in [0, 0.05) is 32.5 Å². The molecule has 9 nitrogen and oxygen atoms in total. The minimum absolute atomic E-state index is 0.00556. The molecule has 0 radical (unpaired) electrons. The van der Waals surface area contributed by atoms with Crippen molar-refractivity contribution in [2.75, 3.05) is 25.9 Å². The topological polar surface area (TPSA) is 94.1 Å². The highest BCUT2D eigenvalue weighted by Crippen LogP contribution is 2.31. The summed E-state index contributed by atoms with van der Waals surface area (Å²) >= 11 is 1.67. The number of nitrogens with zero attached hydrogens (tertiary/aromatic N) is 4. The Hall–Kier alpha value is -3.08.